The van der Waals surface area contributed by atoms with Gasteiger partial charge in [-0.3, -0.25) is 0 Å². The molecule has 0 fully saturated rings. The molecule has 0 spiro atoms. The van der Waals surface area contributed by atoms with Gasteiger partial charge in [-0.25, -0.2) is 0 Å². The van der Waals surface area contributed by atoms with Gasteiger partial charge in [-0.15, -0.1) is 0 Å². The van der Waals surface area contributed by atoms with Gasteiger partial charge in [0, 0.05) is 5.56 Å². The van der Waals surface area contributed by atoms with Gasteiger partial charge in [0.2, 0.25) is 0 Å². The summed E-state index contributed by atoms with van der Waals surface area (Å²) in [5.74, 6) is 7.46. The van der Waals surface area contributed by atoms with Crippen molar-refractivity contribution in [2.24, 2.45) is 5.73 Å². The standard InChI is InChI=1S/C18H19NO2/c1-15-4-2-6-18(14-15)21-13-12-20-17-9-7-16(8-10-17)5-3-11-19/h2,4,6-10,14H,11-13,19H2,1H3. The Labute approximate surface area is 125 Å². The molecule has 0 aliphatic heterocycles. The number of ether oxygens (including phenoxy) is 2. The van der Waals surface area contributed by atoms with E-state index < -0.39 is 0 Å². The number of benzene rings is 2. The van der Waals surface area contributed by atoms with E-state index in [9.17, 15) is 0 Å². The molecular formula is C18H19NO2. The highest BCUT2D eigenvalue weighted by Gasteiger charge is 1.96. The van der Waals surface area contributed by atoms with Crippen LogP contribution < -0.4 is 15.2 Å². The van der Waals surface area contributed by atoms with Crippen LogP contribution in [0.1, 0.15) is 11.1 Å². The predicted octanol–water partition coefficient (Wildman–Crippen LogP) is 2.76. The van der Waals surface area contributed by atoms with E-state index in [1.807, 2.05) is 55.5 Å². The monoisotopic (exact) mass is 281 g/mol. The lowest BCUT2D eigenvalue weighted by Gasteiger charge is -2.08. The first-order valence-corrected chi connectivity index (χ1v) is 6.89. The summed E-state index contributed by atoms with van der Waals surface area (Å²) < 4.78 is 11.2. The average Bonchev–Trinajstić information content (AvgIpc) is 2.51. The fourth-order valence-electron chi connectivity index (χ4n) is 1.81. The Bertz CT molecular complexity index is 624. The van der Waals surface area contributed by atoms with Crippen LogP contribution >= 0.6 is 0 Å². The molecule has 0 radical (unpaired) electrons. The Morgan fingerprint density at radius 2 is 1.67 bits per heavy atom. The van der Waals surface area contributed by atoms with Crippen LogP contribution in [0.5, 0.6) is 11.5 Å². The molecule has 3 nitrogen and oxygen atoms in total. The Hall–Kier alpha value is -2.44. The Balaban J connectivity index is 1.76. The zero-order valence-electron chi connectivity index (χ0n) is 12.1. The topological polar surface area (TPSA) is 44.5 Å². The van der Waals surface area contributed by atoms with Crippen LogP contribution in [0.4, 0.5) is 0 Å². The minimum Gasteiger partial charge on any atom is -0.490 e. The van der Waals surface area contributed by atoms with Gasteiger partial charge < -0.3 is 15.2 Å². The first-order valence-electron chi connectivity index (χ1n) is 6.89. The molecule has 0 aliphatic rings. The summed E-state index contributed by atoms with van der Waals surface area (Å²) in [5, 5.41) is 0. The van der Waals surface area contributed by atoms with Crippen molar-refractivity contribution in [3.05, 3.63) is 59.7 Å². The fourth-order valence-corrected chi connectivity index (χ4v) is 1.81. The molecule has 108 valence electrons. The zero-order valence-corrected chi connectivity index (χ0v) is 12.1. The first-order chi connectivity index (χ1) is 10.3. The second-order valence-electron chi connectivity index (χ2n) is 4.54. The van der Waals surface area contributed by atoms with Crippen molar-refractivity contribution >= 4 is 0 Å². The highest BCUT2D eigenvalue weighted by molar-refractivity contribution is 5.38. The molecule has 3 heteroatoms. The summed E-state index contributed by atoms with van der Waals surface area (Å²) in [6, 6.07) is 15.6. The Morgan fingerprint density at radius 3 is 2.33 bits per heavy atom. The molecular weight excluding hydrogens is 262 g/mol. The molecule has 0 atom stereocenters. The lowest BCUT2D eigenvalue weighted by atomic mass is 10.2. The highest BCUT2D eigenvalue weighted by atomic mass is 16.5. The second kappa shape index (κ2) is 7.98. The van der Waals surface area contributed by atoms with Gasteiger partial charge in [-0.05, 0) is 48.9 Å². The summed E-state index contributed by atoms with van der Waals surface area (Å²) in [6.07, 6.45) is 0. The van der Waals surface area contributed by atoms with Crippen molar-refractivity contribution in [2.75, 3.05) is 19.8 Å². The van der Waals surface area contributed by atoms with Crippen molar-refractivity contribution in [1.82, 2.24) is 0 Å². The molecule has 0 heterocycles. The third-order valence-electron chi connectivity index (χ3n) is 2.80. The third kappa shape index (κ3) is 5.21. The highest BCUT2D eigenvalue weighted by Crippen LogP contribution is 2.13. The molecule has 0 aliphatic carbocycles. The quantitative estimate of drug-likeness (QED) is 0.677. The van der Waals surface area contributed by atoms with Crippen LogP contribution in [0.25, 0.3) is 0 Å². The zero-order chi connectivity index (χ0) is 14.9. The number of rotatable bonds is 5. The second-order valence-corrected chi connectivity index (χ2v) is 4.54. The van der Waals surface area contributed by atoms with Crippen molar-refractivity contribution in [2.45, 2.75) is 6.92 Å². The smallest absolute Gasteiger partial charge is 0.122 e. The summed E-state index contributed by atoms with van der Waals surface area (Å²) in [5.41, 5.74) is 7.45. The number of aryl methyl sites for hydroxylation is 1. The molecule has 2 aromatic carbocycles. The number of hydrogen-bond donors (Lipinski definition) is 1. The predicted molar refractivity (Wildman–Crippen MR) is 84.5 cm³/mol. The molecule has 0 bridgehead atoms. The maximum absolute atomic E-state index is 5.62. The van der Waals surface area contributed by atoms with Gasteiger partial charge in [0.15, 0.2) is 0 Å². The van der Waals surface area contributed by atoms with E-state index in [0.717, 1.165) is 17.1 Å². The largest absolute Gasteiger partial charge is 0.490 e. The van der Waals surface area contributed by atoms with Gasteiger partial charge in [-0.2, -0.15) is 0 Å². The number of nitrogens with two attached hydrogens (primary N) is 1. The molecule has 0 unspecified atom stereocenters. The van der Waals surface area contributed by atoms with Gasteiger partial charge in [-0.1, -0.05) is 24.0 Å². The first kappa shape index (κ1) is 15.0. The molecule has 0 amide bonds. The third-order valence-corrected chi connectivity index (χ3v) is 2.80. The van der Waals surface area contributed by atoms with E-state index in [0.29, 0.717) is 19.8 Å². The van der Waals surface area contributed by atoms with E-state index >= 15 is 0 Å². The van der Waals surface area contributed by atoms with E-state index in [1.165, 1.54) is 5.56 Å². The minimum absolute atomic E-state index is 0.370. The summed E-state index contributed by atoms with van der Waals surface area (Å²) in [4.78, 5) is 0. The van der Waals surface area contributed by atoms with Crippen molar-refractivity contribution in [3.63, 3.8) is 0 Å². The summed E-state index contributed by atoms with van der Waals surface area (Å²) in [7, 11) is 0. The van der Waals surface area contributed by atoms with Gasteiger partial charge in [0.1, 0.15) is 24.7 Å². The lowest BCUT2D eigenvalue weighted by Crippen LogP contribution is -2.08. The molecule has 2 N–H and O–H groups in total. The van der Waals surface area contributed by atoms with Crippen molar-refractivity contribution < 1.29 is 9.47 Å². The van der Waals surface area contributed by atoms with E-state index in [2.05, 4.69) is 11.8 Å². The van der Waals surface area contributed by atoms with Crippen LogP contribution in [0.3, 0.4) is 0 Å². The van der Waals surface area contributed by atoms with Crippen molar-refractivity contribution in [3.8, 4) is 23.3 Å². The molecule has 0 aromatic heterocycles. The SMILES string of the molecule is Cc1cccc(OCCOc2ccc(C#CCN)cc2)c1. The van der Waals surface area contributed by atoms with Crippen LogP contribution in [0.2, 0.25) is 0 Å². The maximum atomic E-state index is 5.62. The van der Waals surface area contributed by atoms with Crippen molar-refractivity contribution in [1.29, 1.82) is 0 Å². The summed E-state index contributed by atoms with van der Waals surface area (Å²) >= 11 is 0. The van der Waals surface area contributed by atoms with Gasteiger partial charge >= 0.3 is 0 Å². The van der Waals surface area contributed by atoms with Crippen LogP contribution in [-0.2, 0) is 0 Å². The lowest BCUT2D eigenvalue weighted by molar-refractivity contribution is 0.217. The summed E-state index contributed by atoms with van der Waals surface area (Å²) in [6.45, 7) is 3.42. The van der Waals surface area contributed by atoms with E-state index in [4.69, 9.17) is 15.2 Å². The van der Waals surface area contributed by atoms with Gasteiger partial charge in [0.05, 0.1) is 6.54 Å². The normalized spacial score (nSPS) is 9.62. The van der Waals surface area contributed by atoms with Gasteiger partial charge in [0.25, 0.3) is 0 Å². The Kier molecular flexibility index (Phi) is 5.69. The van der Waals surface area contributed by atoms with E-state index in [1.54, 1.807) is 0 Å². The maximum Gasteiger partial charge on any atom is 0.122 e. The molecule has 21 heavy (non-hydrogen) atoms. The van der Waals surface area contributed by atoms with Crippen LogP contribution in [0.15, 0.2) is 48.5 Å². The fraction of sp³-hybridized carbons (Fsp3) is 0.222. The minimum atomic E-state index is 0.370. The molecule has 2 aromatic rings. The molecule has 0 saturated heterocycles. The Morgan fingerprint density at radius 1 is 0.952 bits per heavy atom. The molecule has 0 saturated carbocycles. The van der Waals surface area contributed by atoms with E-state index in [-0.39, 0.29) is 0 Å². The van der Waals surface area contributed by atoms with Crippen LogP contribution in [-0.4, -0.2) is 19.8 Å². The molecule has 2 rings (SSSR count). The average molecular weight is 281 g/mol. The van der Waals surface area contributed by atoms with Crippen LogP contribution in [0, 0.1) is 18.8 Å². The number of hydrogen-bond acceptors (Lipinski definition) is 3.